The van der Waals surface area contributed by atoms with Crippen molar-refractivity contribution < 1.29 is 9.26 Å². The molecule has 0 atom stereocenters. The number of methoxy groups -OCH3 is 1. The van der Waals surface area contributed by atoms with Crippen molar-refractivity contribution in [3.05, 3.63) is 41.5 Å². The Morgan fingerprint density at radius 2 is 1.95 bits per heavy atom. The first-order valence-electron chi connectivity index (χ1n) is 6.94. The van der Waals surface area contributed by atoms with Gasteiger partial charge in [0.05, 0.1) is 19.1 Å². The largest absolute Gasteiger partial charge is 0.497 e. The van der Waals surface area contributed by atoms with Crippen molar-refractivity contribution in [1.82, 2.24) is 10.1 Å². The minimum atomic E-state index is -0.387. The molecule has 0 amide bonds. The molecule has 0 unspecified atom stereocenters. The molecule has 1 aromatic heterocycles. The Morgan fingerprint density at radius 1 is 1.25 bits per heavy atom. The molecule has 1 aliphatic carbocycles. The molecule has 1 aromatic carbocycles. The first kappa shape index (κ1) is 13.1. The van der Waals surface area contributed by atoms with E-state index in [-0.39, 0.29) is 5.54 Å². The number of nitrogens with zero attached hydrogens (tertiary/aromatic N) is 2. The highest BCUT2D eigenvalue weighted by molar-refractivity contribution is 5.28. The van der Waals surface area contributed by atoms with Crippen molar-refractivity contribution >= 4 is 0 Å². The number of ether oxygens (including phenoxy) is 1. The van der Waals surface area contributed by atoms with Crippen molar-refractivity contribution in [1.29, 1.82) is 0 Å². The summed E-state index contributed by atoms with van der Waals surface area (Å²) in [5, 5.41) is 4.06. The van der Waals surface area contributed by atoms with Crippen LogP contribution in [-0.2, 0) is 12.0 Å². The maximum Gasteiger partial charge on any atom is 0.231 e. The van der Waals surface area contributed by atoms with Gasteiger partial charge in [0.2, 0.25) is 5.89 Å². The summed E-state index contributed by atoms with van der Waals surface area (Å²) >= 11 is 0. The van der Waals surface area contributed by atoms with Gasteiger partial charge in [-0.25, -0.2) is 0 Å². The zero-order valence-electron chi connectivity index (χ0n) is 11.6. The standard InChI is InChI=1S/C15H19N3O2/c1-19-12-6-4-11(5-7-12)10-13-17-14(18-20-13)15(16)8-2-3-9-15/h4-7H,2-3,8-10,16H2,1H3. The molecular weight excluding hydrogens is 254 g/mol. The van der Waals surface area contributed by atoms with Gasteiger partial charge in [-0.2, -0.15) is 4.98 Å². The van der Waals surface area contributed by atoms with Gasteiger partial charge in [-0.15, -0.1) is 0 Å². The van der Waals surface area contributed by atoms with E-state index in [1.807, 2.05) is 24.3 Å². The second-order valence-corrected chi connectivity index (χ2v) is 5.40. The first-order chi connectivity index (χ1) is 9.69. The molecule has 0 radical (unpaired) electrons. The molecule has 0 spiro atoms. The lowest BCUT2D eigenvalue weighted by Crippen LogP contribution is -2.34. The van der Waals surface area contributed by atoms with E-state index in [0.717, 1.165) is 37.0 Å². The molecule has 2 aromatic rings. The maximum absolute atomic E-state index is 6.32. The van der Waals surface area contributed by atoms with E-state index in [1.54, 1.807) is 7.11 Å². The maximum atomic E-state index is 6.32. The lowest BCUT2D eigenvalue weighted by atomic mass is 9.99. The summed E-state index contributed by atoms with van der Waals surface area (Å²) in [7, 11) is 1.65. The van der Waals surface area contributed by atoms with Crippen LogP contribution in [0.5, 0.6) is 5.75 Å². The van der Waals surface area contributed by atoms with Crippen molar-refractivity contribution in [2.45, 2.75) is 37.6 Å². The minimum Gasteiger partial charge on any atom is -0.497 e. The average Bonchev–Trinajstić information content (AvgIpc) is 3.10. The number of aromatic nitrogens is 2. The normalized spacial score (nSPS) is 17.3. The predicted molar refractivity (Wildman–Crippen MR) is 74.4 cm³/mol. The van der Waals surface area contributed by atoms with Gasteiger partial charge in [-0.05, 0) is 30.5 Å². The lowest BCUT2D eigenvalue weighted by molar-refractivity contribution is 0.352. The fourth-order valence-electron chi connectivity index (χ4n) is 2.68. The van der Waals surface area contributed by atoms with Gasteiger partial charge in [-0.3, -0.25) is 0 Å². The number of nitrogens with two attached hydrogens (primary N) is 1. The van der Waals surface area contributed by atoms with Crippen molar-refractivity contribution in [2.24, 2.45) is 5.73 Å². The number of benzene rings is 1. The molecule has 0 saturated heterocycles. The van der Waals surface area contributed by atoms with E-state index in [0.29, 0.717) is 18.1 Å². The van der Waals surface area contributed by atoms with Crippen LogP contribution >= 0.6 is 0 Å². The van der Waals surface area contributed by atoms with Gasteiger partial charge in [-0.1, -0.05) is 30.1 Å². The second kappa shape index (κ2) is 5.25. The van der Waals surface area contributed by atoms with Crippen molar-refractivity contribution in [3.63, 3.8) is 0 Å². The van der Waals surface area contributed by atoms with Crippen molar-refractivity contribution in [2.75, 3.05) is 7.11 Å². The van der Waals surface area contributed by atoms with Gasteiger partial charge in [0.25, 0.3) is 0 Å². The van der Waals surface area contributed by atoms with Crippen LogP contribution in [0.25, 0.3) is 0 Å². The van der Waals surface area contributed by atoms with Crippen LogP contribution < -0.4 is 10.5 Å². The number of hydrogen-bond acceptors (Lipinski definition) is 5. The Balaban J connectivity index is 1.73. The summed E-state index contributed by atoms with van der Waals surface area (Å²) in [5.74, 6) is 2.10. The summed E-state index contributed by atoms with van der Waals surface area (Å²) in [5.41, 5.74) is 7.05. The summed E-state index contributed by atoms with van der Waals surface area (Å²) in [6.45, 7) is 0. The van der Waals surface area contributed by atoms with Crippen LogP contribution in [0.4, 0.5) is 0 Å². The molecule has 5 heteroatoms. The van der Waals surface area contributed by atoms with Gasteiger partial charge in [0, 0.05) is 0 Å². The molecule has 1 aliphatic rings. The Kier molecular flexibility index (Phi) is 3.44. The molecule has 106 valence electrons. The Hall–Kier alpha value is -1.88. The van der Waals surface area contributed by atoms with E-state index in [2.05, 4.69) is 10.1 Å². The van der Waals surface area contributed by atoms with Crippen LogP contribution in [0.3, 0.4) is 0 Å². The zero-order chi connectivity index (χ0) is 14.0. The third-order valence-corrected chi connectivity index (χ3v) is 3.92. The molecule has 1 heterocycles. The van der Waals surface area contributed by atoms with Crippen LogP contribution in [0.1, 0.15) is 43.0 Å². The van der Waals surface area contributed by atoms with Gasteiger partial charge >= 0.3 is 0 Å². The highest BCUT2D eigenvalue weighted by Gasteiger charge is 2.35. The third kappa shape index (κ3) is 2.54. The molecule has 1 fully saturated rings. The lowest BCUT2D eigenvalue weighted by Gasteiger charge is -2.17. The van der Waals surface area contributed by atoms with Crippen LogP contribution in [0, 0.1) is 0 Å². The molecular formula is C15H19N3O2. The molecule has 3 rings (SSSR count). The summed E-state index contributed by atoms with van der Waals surface area (Å²) in [4.78, 5) is 4.47. The summed E-state index contributed by atoms with van der Waals surface area (Å²) < 4.78 is 10.5. The van der Waals surface area contributed by atoms with E-state index in [4.69, 9.17) is 15.0 Å². The first-order valence-corrected chi connectivity index (χ1v) is 6.94. The van der Waals surface area contributed by atoms with Gasteiger partial charge in [0.1, 0.15) is 5.75 Å². The Morgan fingerprint density at radius 3 is 2.60 bits per heavy atom. The molecule has 0 aliphatic heterocycles. The topological polar surface area (TPSA) is 74.2 Å². The molecule has 0 bridgehead atoms. The SMILES string of the molecule is COc1ccc(Cc2nc(C3(N)CCCC3)no2)cc1. The van der Waals surface area contributed by atoms with E-state index in [9.17, 15) is 0 Å². The van der Waals surface area contributed by atoms with E-state index >= 15 is 0 Å². The molecule has 20 heavy (non-hydrogen) atoms. The van der Waals surface area contributed by atoms with Crippen LogP contribution in [0.15, 0.2) is 28.8 Å². The average molecular weight is 273 g/mol. The number of rotatable bonds is 4. The quantitative estimate of drug-likeness (QED) is 0.925. The number of hydrogen-bond donors (Lipinski definition) is 1. The van der Waals surface area contributed by atoms with Crippen LogP contribution in [-0.4, -0.2) is 17.3 Å². The summed E-state index contributed by atoms with van der Waals surface area (Å²) in [6, 6.07) is 7.84. The van der Waals surface area contributed by atoms with Crippen LogP contribution in [0.2, 0.25) is 0 Å². The minimum absolute atomic E-state index is 0.387. The van der Waals surface area contributed by atoms with Gasteiger partial charge < -0.3 is 15.0 Å². The zero-order valence-corrected chi connectivity index (χ0v) is 11.6. The highest BCUT2D eigenvalue weighted by atomic mass is 16.5. The predicted octanol–water partition coefficient (Wildman–Crippen LogP) is 2.40. The summed E-state index contributed by atoms with van der Waals surface area (Å²) in [6.07, 6.45) is 4.77. The Labute approximate surface area is 118 Å². The fraction of sp³-hybridized carbons (Fsp3) is 0.467. The monoisotopic (exact) mass is 273 g/mol. The molecule has 2 N–H and O–H groups in total. The molecule has 1 saturated carbocycles. The Bertz CT molecular complexity index is 571. The molecule has 5 nitrogen and oxygen atoms in total. The van der Waals surface area contributed by atoms with Gasteiger partial charge in [0.15, 0.2) is 5.82 Å². The van der Waals surface area contributed by atoms with E-state index in [1.165, 1.54) is 0 Å². The third-order valence-electron chi connectivity index (χ3n) is 3.92. The highest BCUT2D eigenvalue weighted by Crippen LogP contribution is 2.34. The smallest absolute Gasteiger partial charge is 0.231 e. The second-order valence-electron chi connectivity index (χ2n) is 5.40. The van der Waals surface area contributed by atoms with Crippen molar-refractivity contribution in [3.8, 4) is 5.75 Å². The fourth-order valence-corrected chi connectivity index (χ4v) is 2.68. The van der Waals surface area contributed by atoms with E-state index < -0.39 is 0 Å².